The lowest BCUT2D eigenvalue weighted by molar-refractivity contribution is 1.23. The largest absolute Gasteiger partial charge is 0.311 e. The van der Waals surface area contributed by atoms with E-state index in [0.29, 0.717) is 5.56 Å². The van der Waals surface area contributed by atoms with Gasteiger partial charge in [-0.2, -0.15) is 5.26 Å². The average molecular weight is 487 g/mol. The third-order valence-electron chi connectivity index (χ3n) is 7.88. The van der Waals surface area contributed by atoms with Crippen LogP contribution in [0.15, 0.2) is 103 Å². The number of aryl methyl sites for hydroxylation is 3. The van der Waals surface area contributed by atoms with Crippen molar-refractivity contribution in [3.05, 3.63) is 125 Å². The lowest BCUT2D eigenvalue weighted by Crippen LogP contribution is -2.61. The van der Waals surface area contributed by atoms with Gasteiger partial charge in [0.15, 0.2) is 0 Å². The molecule has 7 rings (SSSR count). The predicted octanol–water partition coefficient (Wildman–Crippen LogP) is 6.57. The summed E-state index contributed by atoms with van der Waals surface area (Å²) in [5.74, 6) is 0. The van der Waals surface area contributed by atoms with E-state index in [0.717, 1.165) is 28.4 Å². The third kappa shape index (κ3) is 3.22. The van der Waals surface area contributed by atoms with E-state index in [-0.39, 0.29) is 6.71 Å². The van der Waals surface area contributed by atoms with E-state index in [1.54, 1.807) is 0 Å². The van der Waals surface area contributed by atoms with Gasteiger partial charge in [-0.25, -0.2) is 0 Å². The highest BCUT2D eigenvalue weighted by atomic mass is 15.2. The molecule has 2 aliphatic heterocycles. The van der Waals surface area contributed by atoms with Crippen LogP contribution in [0.5, 0.6) is 0 Å². The molecular formula is C34H26BN3. The molecule has 2 aliphatic rings. The maximum Gasteiger partial charge on any atom is 0.252 e. The van der Waals surface area contributed by atoms with Gasteiger partial charge in [0, 0.05) is 34.1 Å². The van der Waals surface area contributed by atoms with E-state index in [1.807, 2.05) is 6.07 Å². The summed E-state index contributed by atoms with van der Waals surface area (Å²) in [6.45, 7) is 6.56. The molecule has 0 amide bonds. The standard InChI is InChI=1S/C34H26BN3/c1-22-13-15-30-27(17-22)35-28-18-23(2)14-16-31(28)38(29-12-8-7-9-24(29)3)33-20-25(21-36)19-32(34(33)35)37(30)26-10-5-4-6-11-26/h4-20H,1-3H3. The van der Waals surface area contributed by atoms with Gasteiger partial charge in [-0.1, -0.05) is 71.8 Å². The quantitative estimate of drug-likeness (QED) is 0.259. The first-order valence-electron chi connectivity index (χ1n) is 13.1. The van der Waals surface area contributed by atoms with Crippen molar-refractivity contribution in [1.82, 2.24) is 0 Å². The fourth-order valence-corrected chi connectivity index (χ4v) is 6.24. The lowest BCUT2D eigenvalue weighted by atomic mass is 9.33. The monoisotopic (exact) mass is 487 g/mol. The summed E-state index contributed by atoms with van der Waals surface area (Å²) in [6.07, 6.45) is 0. The minimum atomic E-state index is 0.0674. The SMILES string of the molecule is Cc1ccc2c(c1)B1c3cc(C)ccc3N(c3ccccc3C)c3cc(C#N)cc(c31)N2c1ccccc1. The first-order chi connectivity index (χ1) is 18.5. The summed E-state index contributed by atoms with van der Waals surface area (Å²) < 4.78 is 0. The highest BCUT2D eigenvalue weighted by Gasteiger charge is 2.43. The van der Waals surface area contributed by atoms with Crippen molar-refractivity contribution in [2.75, 3.05) is 9.80 Å². The maximum absolute atomic E-state index is 10.2. The molecule has 5 aromatic carbocycles. The Morgan fingerprint density at radius 3 is 1.79 bits per heavy atom. The Morgan fingerprint density at radius 1 is 0.579 bits per heavy atom. The van der Waals surface area contributed by atoms with Gasteiger partial charge in [-0.15, -0.1) is 0 Å². The molecule has 0 aromatic heterocycles. The van der Waals surface area contributed by atoms with Gasteiger partial charge in [0.1, 0.15) is 0 Å². The van der Waals surface area contributed by atoms with Gasteiger partial charge in [-0.3, -0.25) is 0 Å². The minimum absolute atomic E-state index is 0.0674. The Balaban J connectivity index is 1.64. The Kier molecular flexibility index (Phi) is 4.96. The van der Waals surface area contributed by atoms with Crippen LogP contribution in [0.1, 0.15) is 22.3 Å². The van der Waals surface area contributed by atoms with Crippen LogP contribution >= 0.6 is 0 Å². The van der Waals surface area contributed by atoms with Crippen LogP contribution in [0, 0.1) is 32.1 Å². The second-order valence-electron chi connectivity index (χ2n) is 10.4. The fourth-order valence-electron chi connectivity index (χ4n) is 6.24. The van der Waals surface area contributed by atoms with Crippen LogP contribution in [0.4, 0.5) is 34.1 Å². The number of hydrogen-bond acceptors (Lipinski definition) is 3. The molecule has 4 heteroatoms. The molecule has 0 saturated heterocycles. The number of para-hydroxylation sites is 2. The van der Waals surface area contributed by atoms with Crippen LogP contribution in [-0.2, 0) is 0 Å². The number of anilines is 6. The Labute approximate surface area is 224 Å². The zero-order valence-electron chi connectivity index (χ0n) is 21.7. The number of hydrogen-bond donors (Lipinski definition) is 0. The summed E-state index contributed by atoms with van der Waals surface area (Å²) in [5.41, 5.74) is 14.9. The second-order valence-corrected chi connectivity index (χ2v) is 10.4. The summed E-state index contributed by atoms with van der Waals surface area (Å²) in [5, 5.41) is 10.2. The van der Waals surface area contributed by atoms with E-state index < -0.39 is 0 Å². The predicted molar refractivity (Wildman–Crippen MR) is 159 cm³/mol. The van der Waals surface area contributed by atoms with Crippen molar-refractivity contribution in [3.8, 4) is 6.07 Å². The number of benzene rings is 5. The number of nitriles is 1. The normalized spacial score (nSPS) is 12.9. The molecular weight excluding hydrogens is 461 g/mol. The molecule has 2 heterocycles. The van der Waals surface area contributed by atoms with E-state index >= 15 is 0 Å². The lowest BCUT2D eigenvalue weighted by Gasteiger charge is -2.44. The van der Waals surface area contributed by atoms with Gasteiger partial charge in [0.05, 0.1) is 11.6 Å². The molecule has 0 bridgehead atoms. The zero-order valence-corrected chi connectivity index (χ0v) is 21.7. The minimum Gasteiger partial charge on any atom is -0.311 e. The van der Waals surface area contributed by atoms with Gasteiger partial charge in [-0.05, 0) is 85.2 Å². The average Bonchev–Trinajstić information content (AvgIpc) is 2.94. The Bertz CT molecular complexity index is 1780. The molecule has 0 saturated carbocycles. The maximum atomic E-state index is 10.2. The van der Waals surface area contributed by atoms with E-state index in [9.17, 15) is 5.26 Å². The third-order valence-corrected chi connectivity index (χ3v) is 7.88. The Hall–Kier alpha value is -4.75. The molecule has 0 fully saturated rings. The van der Waals surface area contributed by atoms with Crippen LogP contribution in [0.25, 0.3) is 0 Å². The second kappa shape index (κ2) is 8.40. The van der Waals surface area contributed by atoms with Crippen molar-refractivity contribution in [3.63, 3.8) is 0 Å². The summed E-state index contributed by atoms with van der Waals surface area (Å²) in [4.78, 5) is 4.70. The van der Waals surface area contributed by atoms with Gasteiger partial charge in [0.25, 0.3) is 6.71 Å². The first kappa shape index (κ1) is 22.5. The van der Waals surface area contributed by atoms with Crippen molar-refractivity contribution in [2.45, 2.75) is 20.8 Å². The highest BCUT2D eigenvalue weighted by Crippen LogP contribution is 2.45. The van der Waals surface area contributed by atoms with Gasteiger partial charge >= 0.3 is 0 Å². The van der Waals surface area contributed by atoms with E-state index in [2.05, 4.69) is 134 Å². The van der Waals surface area contributed by atoms with Crippen LogP contribution in [0.2, 0.25) is 0 Å². The molecule has 0 atom stereocenters. The summed E-state index contributed by atoms with van der Waals surface area (Å²) in [6, 6.07) is 39.2. The highest BCUT2D eigenvalue weighted by molar-refractivity contribution is 7.00. The summed E-state index contributed by atoms with van der Waals surface area (Å²) >= 11 is 0. The Morgan fingerprint density at radius 2 is 1.16 bits per heavy atom. The molecule has 0 spiro atoms. The fraction of sp³-hybridized carbons (Fsp3) is 0.0882. The number of fused-ring (bicyclic) bond motifs is 4. The molecule has 5 aromatic rings. The molecule has 0 unspecified atom stereocenters. The smallest absolute Gasteiger partial charge is 0.252 e. The molecule has 0 aliphatic carbocycles. The van der Waals surface area contributed by atoms with Crippen LogP contribution in [0.3, 0.4) is 0 Å². The molecule has 180 valence electrons. The van der Waals surface area contributed by atoms with Crippen molar-refractivity contribution >= 4 is 57.2 Å². The van der Waals surface area contributed by atoms with Gasteiger partial charge < -0.3 is 9.80 Å². The first-order valence-corrected chi connectivity index (χ1v) is 13.1. The van der Waals surface area contributed by atoms with Crippen LogP contribution < -0.4 is 26.2 Å². The van der Waals surface area contributed by atoms with E-state index in [4.69, 9.17) is 0 Å². The van der Waals surface area contributed by atoms with Crippen LogP contribution in [-0.4, -0.2) is 6.71 Å². The number of rotatable bonds is 2. The molecule has 38 heavy (non-hydrogen) atoms. The van der Waals surface area contributed by atoms with Crippen molar-refractivity contribution in [1.29, 1.82) is 5.26 Å². The van der Waals surface area contributed by atoms with Gasteiger partial charge in [0.2, 0.25) is 0 Å². The zero-order chi connectivity index (χ0) is 26.0. The molecule has 0 N–H and O–H groups in total. The number of nitrogens with zero attached hydrogens (tertiary/aromatic N) is 3. The molecule has 0 radical (unpaired) electrons. The van der Waals surface area contributed by atoms with Crippen molar-refractivity contribution in [2.24, 2.45) is 0 Å². The van der Waals surface area contributed by atoms with E-state index in [1.165, 1.54) is 38.8 Å². The summed E-state index contributed by atoms with van der Waals surface area (Å²) in [7, 11) is 0. The van der Waals surface area contributed by atoms with Crippen molar-refractivity contribution < 1.29 is 0 Å². The topological polar surface area (TPSA) is 30.3 Å². The molecule has 3 nitrogen and oxygen atoms in total.